The van der Waals surface area contributed by atoms with Crippen molar-refractivity contribution in [2.75, 3.05) is 22.9 Å². The van der Waals surface area contributed by atoms with Gasteiger partial charge in [-0.1, -0.05) is 35.3 Å². The summed E-state index contributed by atoms with van der Waals surface area (Å²) in [6.45, 7) is 0.805. The third-order valence-electron chi connectivity index (χ3n) is 6.84. The van der Waals surface area contributed by atoms with Gasteiger partial charge in [-0.3, -0.25) is 9.59 Å². The maximum Gasteiger partial charge on any atom is 0.376 e. The summed E-state index contributed by atoms with van der Waals surface area (Å²) < 4.78 is 20.6. The molecule has 2 fully saturated rings. The summed E-state index contributed by atoms with van der Waals surface area (Å²) in [6.07, 6.45) is -2.29. The molecular weight excluding hydrogens is 552 g/mol. The number of amides is 2. The molecule has 0 spiro atoms. The second-order valence-electron chi connectivity index (χ2n) is 9.46. The van der Waals surface area contributed by atoms with Crippen LogP contribution in [0.4, 0.5) is 15.8 Å². The zero-order valence-corrected chi connectivity index (χ0v) is 21.9. The van der Waals surface area contributed by atoms with E-state index < -0.39 is 29.3 Å². The lowest BCUT2D eigenvalue weighted by Gasteiger charge is -2.38. The molecule has 2 atom stereocenters. The van der Waals surface area contributed by atoms with E-state index in [2.05, 4.69) is 0 Å². The molecule has 3 aromatic rings. The lowest BCUT2D eigenvalue weighted by molar-refractivity contribution is -0.304. The molecule has 5 rings (SSSR count). The second kappa shape index (κ2) is 10.4. The van der Waals surface area contributed by atoms with Crippen molar-refractivity contribution in [3.8, 4) is 11.1 Å². The zero-order chi connectivity index (χ0) is 28.1. The Morgan fingerprint density at radius 2 is 1.69 bits per heavy atom. The van der Waals surface area contributed by atoms with E-state index in [-0.39, 0.29) is 33.4 Å². The molecule has 39 heavy (non-hydrogen) atoms. The fourth-order valence-corrected chi connectivity index (χ4v) is 5.54. The minimum Gasteiger partial charge on any atom is -0.371 e. The Morgan fingerprint density at radius 1 is 1.00 bits per heavy atom. The molecule has 12 heteroatoms. The summed E-state index contributed by atoms with van der Waals surface area (Å²) in [5.74, 6) is -2.96. The molecule has 2 aliphatic rings. The number of fused-ring (bicyclic) bond motifs is 2. The van der Waals surface area contributed by atoms with Gasteiger partial charge in [-0.15, -0.1) is 0 Å². The lowest BCUT2D eigenvalue weighted by Crippen LogP contribution is -2.53. The Labute approximate surface area is 232 Å². The number of hydrogen-bond donors (Lipinski definition) is 4. The van der Waals surface area contributed by atoms with E-state index in [1.165, 1.54) is 42.5 Å². The van der Waals surface area contributed by atoms with Crippen LogP contribution in [0.15, 0.2) is 54.6 Å². The van der Waals surface area contributed by atoms with Gasteiger partial charge in [0, 0.05) is 29.2 Å². The Kier molecular flexibility index (Phi) is 7.27. The Hall–Kier alpha value is -3.25. The van der Waals surface area contributed by atoms with Gasteiger partial charge in [0.05, 0.1) is 34.2 Å². The van der Waals surface area contributed by atoms with Crippen molar-refractivity contribution in [1.29, 1.82) is 0 Å². The van der Waals surface area contributed by atoms with Gasteiger partial charge in [0.2, 0.25) is 5.91 Å². The molecule has 9 nitrogen and oxygen atoms in total. The van der Waals surface area contributed by atoms with Gasteiger partial charge in [0.1, 0.15) is 5.82 Å². The maximum atomic E-state index is 14.7. The number of rotatable bonds is 6. The van der Waals surface area contributed by atoms with E-state index >= 15 is 0 Å². The Balaban J connectivity index is 1.69. The Morgan fingerprint density at radius 3 is 2.31 bits per heavy atom. The highest BCUT2D eigenvalue weighted by Crippen LogP contribution is 2.41. The van der Waals surface area contributed by atoms with Crippen molar-refractivity contribution in [3.63, 3.8) is 0 Å². The lowest BCUT2D eigenvalue weighted by atomic mass is 10.00. The summed E-state index contributed by atoms with van der Waals surface area (Å²) in [5.41, 5.74) is 6.13. The fraction of sp³-hybridized carbons (Fsp3) is 0.259. The maximum absolute atomic E-state index is 14.7. The molecule has 0 saturated carbocycles. The number of anilines is 2. The highest BCUT2D eigenvalue weighted by atomic mass is 35.5. The van der Waals surface area contributed by atoms with Crippen LogP contribution in [0.3, 0.4) is 0 Å². The van der Waals surface area contributed by atoms with Crippen LogP contribution in [0, 0.1) is 5.82 Å². The number of carbonyl (C=O) groups excluding carboxylic acids is 2. The van der Waals surface area contributed by atoms with E-state index in [1.807, 2.05) is 4.90 Å². The van der Waals surface area contributed by atoms with Gasteiger partial charge >= 0.3 is 6.10 Å². The monoisotopic (exact) mass is 575 g/mol. The number of primary amides is 1. The fourth-order valence-electron chi connectivity index (χ4n) is 5.07. The number of morpholine rings is 1. The van der Waals surface area contributed by atoms with Crippen LogP contribution in [0.5, 0.6) is 0 Å². The number of halogens is 3. The second-order valence-corrected chi connectivity index (χ2v) is 10.3. The SMILES string of the molecule is NC(=O)c1ccc(Cl)c(-c2ccc(N(C(=O)c3c(F)cccc3Cl)C(O)(O)O)c(N3CC4CCC(C3)O4)c2)c1. The molecule has 2 bridgehead atoms. The van der Waals surface area contributed by atoms with Crippen molar-refractivity contribution in [3.05, 3.63) is 81.6 Å². The normalized spacial score (nSPS) is 18.8. The molecular formula is C27H24Cl2FN3O6. The first kappa shape index (κ1) is 27.3. The largest absolute Gasteiger partial charge is 0.376 e. The van der Waals surface area contributed by atoms with Crippen LogP contribution in [-0.2, 0) is 4.74 Å². The van der Waals surface area contributed by atoms with Crippen LogP contribution >= 0.6 is 23.2 Å². The van der Waals surface area contributed by atoms with Crippen molar-refractivity contribution in [2.24, 2.45) is 5.73 Å². The number of aliphatic hydroxyl groups is 3. The summed E-state index contributed by atoms with van der Waals surface area (Å²) in [6, 6.07) is 12.6. The van der Waals surface area contributed by atoms with E-state index in [9.17, 15) is 29.3 Å². The molecule has 5 N–H and O–H groups in total. The van der Waals surface area contributed by atoms with Crippen LogP contribution in [0.25, 0.3) is 11.1 Å². The van der Waals surface area contributed by atoms with E-state index in [0.29, 0.717) is 34.9 Å². The molecule has 0 aliphatic carbocycles. The van der Waals surface area contributed by atoms with Gasteiger partial charge in [0.25, 0.3) is 5.91 Å². The third kappa shape index (κ3) is 5.31. The molecule has 204 valence electrons. The van der Waals surface area contributed by atoms with Crippen LogP contribution in [-0.4, -0.2) is 58.5 Å². The predicted octanol–water partition coefficient (Wildman–Crippen LogP) is 3.50. The van der Waals surface area contributed by atoms with Crippen LogP contribution in [0.1, 0.15) is 33.6 Å². The van der Waals surface area contributed by atoms with Crippen molar-refractivity contribution in [1.82, 2.24) is 0 Å². The van der Waals surface area contributed by atoms with E-state index in [0.717, 1.165) is 18.9 Å². The first-order valence-corrected chi connectivity index (χ1v) is 12.8. The van der Waals surface area contributed by atoms with Crippen LogP contribution in [0.2, 0.25) is 10.0 Å². The van der Waals surface area contributed by atoms with Gasteiger partial charge in [-0.2, -0.15) is 0 Å². The first-order chi connectivity index (χ1) is 18.4. The molecule has 2 heterocycles. The average molecular weight is 576 g/mol. The minimum atomic E-state index is -3.73. The van der Waals surface area contributed by atoms with E-state index in [4.69, 9.17) is 33.7 Å². The molecule has 2 aliphatic heterocycles. The van der Waals surface area contributed by atoms with Gasteiger partial charge in [-0.05, 0) is 60.9 Å². The van der Waals surface area contributed by atoms with Crippen molar-refractivity contribution < 1.29 is 34.0 Å². The smallest absolute Gasteiger partial charge is 0.371 e. The van der Waals surface area contributed by atoms with E-state index in [1.54, 1.807) is 6.07 Å². The van der Waals surface area contributed by atoms with Crippen LogP contribution < -0.4 is 15.5 Å². The zero-order valence-electron chi connectivity index (χ0n) is 20.4. The number of benzene rings is 3. The van der Waals surface area contributed by atoms with Gasteiger partial charge < -0.3 is 30.7 Å². The molecule has 0 radical (unpaired) electrons. The molecule has 2 amide bonds. The number of nitrogens with zero attached hydrogens (tertiary/aromatic N) is 2. The first-order valence-electron chi connectivity index (χ1n) is 12.0. The third-order valence-corrected chi connectivity index (χ3v) is 7.49. The minimum absolute atomic E-state index is 0.102. The topological polar surface area (TPSA) is 137 Å². The summed E-state index contributed by atoms with van der Waals surface area (Å²) in [4.78, 5) is 27.5. The van der Waals surface area contributed by atoms with Crippen molar-refractivity contribution in [2.45, 2.75) is 31.1 Å². The summed E-state index contributed by atoms with van der Waals surface area (Å²) >= 11 is 12.5. The highest BCUT2D eigenvalue weighted by Gasteiger charge is 2.41. The summed E-state index contributed by atoms with van der Waals surface area (Å²) in [7, 11) is 0. The van der Waals surface area contributed by atoms with Gasteiger partial charge in [-0.25, -0.2) is 9.29 Å². The molecule has 2 unspecified atom stereocenters. The number of carbonyl (C=O) groups is 2. The quantitative estimate of drug-likeness (QED) is 0.330. The molecule has 2 saturated heterocycles. The Bertz CT molecular complexity index is 1430. The molecule has 0 aromatic heterocycles. The standard InChI is InChI=1S/C27H24Cl2FN3O6/c28-19-8-4-15(25(31)34)10-18(19)14-5-9-22(23(11-14)32-12-16-6-7-17(13-32)39-16)33(27(36,37)38)26(35)24-20(29)2-1-3-21(24)30/h1-5,8-11,16-17,36-38H,6-7,12-13H2,(H2,31,34). The van der Waals surface area contributed by atoms with Gasteiger partial charge in [0.15, 0.2) is 0 Å². The number of hydrogen-bond acceptors (Lipinski definition) is 7. The highest BCUT2D eigenvalue weighted by molar-refractivity contribution is 6.35. The van der Waals surface area contributed by atoms with Crippen molar-refractivity contribution >= 4 is 46.4 Å². The number of ether oxygens (including phenoxy) is 1. The molecule has 3 aromatic carbocycles. The predicted molar refractivity (Wildman–Crippen MR) is 143 cm³/mol. The summed E-state index contributed by atoms with van der Waals surface area (Å²) in [5, 5.41) is 31.1. The average Bonchev–Trinajstić information content (AvgIpc) is 3.20. The number of nitrogens with two attached hydrogens (primary N) is 1.